The molecular formula is C4H10NO6P. The van der Waals surface area contributed by atoms with Crippen LogP contribution < -0.4 is 5.32 Å². The van der Waals surface area contributed by atoms with Crippen molar-refractivity contribution >= 4 is 13.9 Å². The Hall–Kier alpha value is -0.620. The van der Waals surface area contributed by atoms with Gasteiger partial charge in [0.2, 0.25) is 0 Å². The Balaban J connectivity index is 4.00. The summed E-state index contributed by atoms with van der Waals surface area (Å²) < 4.78 is 14.3. The minimum absolute atomic E-state index is 0.136. The van der Waals surface area contributed by atoms with Crippen LogP contribution in [-0.2, 0) is 9.09 Å². The van der Waals surface area contributed by atoms with Crippen molar-refractivity contribution in [1.29, 1.82) is 0 Å². The molecule has 0 aliphatic rings. The highest BCUT2D eigenvalue weighted by Gasteiger charge is 2.21. The van der Waals surface area contributed by atoms with Gasteiger partial charge in [0.25, 0.3) is 0 Å². The van der Waals surface area contributed by atoms with Gasteiger partial charge in [-0.25, -0.2) is 9.36 Å². The predicted octanol–water partition coefficient (Wildman–Crippen LogP) is 0.0994. The zero-order valence-electron chi connectivity index (χ0n) is 6.30. The zero-order valence-corrected chi connectivity index (χ0v) is 7.19. The first-order chi connectivity index (χ1) is 5.35. The van der Waals surface area contributed by atoms with Crippen LogP contribution in [0, 0.1) is 0 Å². The van der Waals surface area contributed by atoms with Gasteiger partial charge in [-0.2, -0.15) is 0 Å². The quantitative estimate of drug-likeness (QED) is 0.377. The molecule has 8 heteroatoms. The molecule has 12 heavy (non-hydrogen) atoms. The number of nitrogens with one attached hydrogen (secondary N) is 1. The van der Waals surface area contributed by atoms with Crippen LogP contribution in [0.15, 0.2) is 0 Å². The molecule has 72 valence electrons. The lowest BCUT2D eigenvalue weighted by atomic mass is 10.4. The largest absolute Gasteiger partial charge is 0.471 e. The summed E-state index contributed by atoms with van der Waals surface area (Å²) in [5.41, 5.74) is 0. The SMILES string of the molecule is CCC(NC(=O)O)OP(=O)(O)O. The number of hydrogen-bond acceptors (Lipinski definition) is 3. The van der Waals surface area contributed by atoms with Crippen LogP contribution in [0.3, 0.4) is 0 Å². The smallest absolute Gasteiger partial charge is 0.465 e. The topological polar surface area (TPSA) is 116 Å². The first-order valence-corrected chi connectivity index (χ1v) is 4.61. The zero-order chi connectivity index (χ0) is 9.78. The van der Waals surface area contributed by atoms with E-state index >= 15 is 0 Å². The van der Waals surface area contributed by atoms with E-state index in [-0.39, 0.29) is 6.42 Å². The highest BCUT2D eigenvalue weighted by atomic mass is 31.2. The predicted molar refractivity (Wildman–Crippen MR) is 38.4 cm³/mol. The summed E-state index contributed by atoms with van der Waals surface area (Å²) in [5.74, 6) is 0. The number of carbonyl (C=O) groups is 1. The average molecular weight is 199 g/mol. The van der Waals surface area contributed by atoms with Crippen LogP contribution >= 0.6 is 7.82 Å². The molecule has 0 aliphatic carbocycles. The molecule has 1 amide bonds. The molecule has 7 nitrogen and oxygen atoms in total. The van der Waals surface area contributed by atoms with Crippen molar-refractivity contribution in [2.75, 3.05) is 0 Å². The Morgan fingerprint density at radius 3 is 2.42 bits per heavy atom. The Morgan fingerprint density at radius 1 is 1.67 bits per heavy atom. The minimum Gasteiger partial charge on any atom is -0.465 e. The van der Waals surface area contributed by atoms with E-state index in [0.29, 0.717) is 0 Å². The molecule has 0 aromatic carbocycles. The maximum absolute atomic E-state index is 10.2. The van der Waals surface area contributed by atoms with Crippen molar-refractivity contribution in [3.05, 3.63) is 0 Å². The minimum atomic E-state index is -4.62. The molecule has 0 aromatic rings. The molecule has 4 N–H and O–H groups in total. The molecule has 0 bridgehead atoms. The van der Waals surface area contributed by atoms with Crippen LogP contribution in [0.5, 0.6) is 0 Å². The van der Waals surface area contributed by atoms with E-state index in [0.717, 1.165) is 0 Å². The van der Waals surface area contributed by atoms with Gasteiger partial charge in [0.15, 0.2) is 0 Å². The van der Waals surface area contributed by atoms with Gasteiger partial charge in [-0.3, -0.25) is 9.84 Å². The first kappa shape index (κ1) is 11.4. The second-order valence-corrected chi connectivity index (χ2v) is 3.13. The highest BCUT2D eigenvalue weighted by Crippen LogP contribution is 2.37. The lowest BCUT2D eigenvalue weighted by Crippen LogP contribution is -2.34. The molecule has 0 saturated carbocycles. The van der Waals surface area contributed by atoms with Crippen LogP contribution in [0.1, 0.15) is 13.3 Å². The lowest BCUT2D eigenvalue weighted by molar-refractivity contribution is 0.100. The summed E-state index contributed by atoms with van der Waals surface area (Å²) in [6.45, 7) is 1.52. The molecule has 0 saturated heterocycles. The second-order valence-electron chi connectivity index (χ2n) is 1.94. The maximum Gasteiger partial charge on any atom is 0.471 e. The Morgan fingerprint density at radius 2 is 2.17 bits per heavy atom. The van der Waals surface area contributed by atoms with Gasteiger partial charge < -0.3 is 14.9 Å². The Kier molecular flexibility index (Phi) is 4.19. The molecular weight excluding hydrogens is 189 g/mol. The van der Waals surface area contributed by atoms with Crippen molar-refractivity contribution in [3.8, 4) is 0 Å². The van der Waals surface area contributed by atoms with Crippen molar-refractivity contribution in [1.82, 2.24) is 5.32 Å². The normalized spacial score (nSPS) is 13.9. The third-order valence-corrected chi connectivity index (χ3v) is 1.45. The van der Waals surface area contributed by atoms with Gasteiger partial charge in [0.05, 0.1) is 0 Å². The second kappa shape index (κ2) is 4.42. The van der Waals surface area contributed by atoms with E-state index in [1.165, 1.54) is 6.92 Å². The molecule has 0 fully saturated rings. The van der Waals surface area contributed by atoms with E-state index < -0.39 is 20.1 Å². The fourth-order valence-electron chi connectivity index (χ4n) is 0.506. The fourth-order valence-corrected chi connectivity index (χ4v) is 1.04. The molecule has 0 aromatic heterocycles. The van der Waals surface area contributed by atoms with E-state index in [9.17, 15) is 9.36 Å². The van der Waals surface area contributed by atoms with Gasteiger partial charge in [-0.05, 0) is 6.42 Å². The fraction of sp³-hybridized carbons (Fsp3) is 0.750. The molecule has 0 rings (SSSR count). The van der Waals surface area contributed by atoms with E-state index in [1.54, 1.807) is 5.32 Å². The summed E-state index contributed by atoms with van der Waals surface area (Å²) in [5, 5.41) is 9.96. The number of rotatable bonds is 4. The van der Waals surface area contributed by atoms with Crippen LogP contribution in [0.4, 0.5) is 4.79 Å². The van der Waals surface area contributed by atoms with Crippen molar-refractivity contribution in [2.45, 2.75) is 19.6 Å². The number of phosphoric acid groups is 1. The Bertz CT molecular complexity index is 200. The van der Waals surface area contributed by atoms with Crippen molar-refractivity contribution < 1.29 is 28.8 Å². The lowest BCUT2D eigenvalue weighted by Gasteiger charge is -2.15. The standard InChI is InChI=1S/C4H10NO6P/c1-2-3(5-4(6)7)11-12(8,9)10/h3,5H,2H2,1H3,(H,6,7)(H2,8,9,10). The van der Waals surface area contributed by atoms with Crippen LogP contribution in [0.2, 0.25) is 0 Å². The molecule has 0 spiro atoms. The third-order valence-electron chi connectivity index (χ3n) is 0.920. The summed E-state index contributed by atoms with van der Waals surface area (Å²) in [6, 6.07) is 0. The van der Waals surface area contributed by atoms with Gasteiger partial charge in [-0.15, -0.1) is 0 Å². The van der Waals surface area contributed by atoms with Gasteiger partial charge >= 0.3 is 13.9 Å². The van der Waals surface area contributed by atoms with E-state index in [1.807, 2.05) is 0 Å². The number of hydrogen-bond donors (Lipinski definition) is 4. The summed E-state index contributed by atoms with van der Waals surface area (Å²) in [6.07, 6.45) is -2.43. The van der Waals surface area contributed by atoms with E-state index in [4.69, 9.17) is 14.9 Å². The summed E-state index contributed by atoms with van der Waals surface area (Å²) in [7, 11) is -4.62. The van der Waals surface area contributed by atoms with Gasteiger partial charge in [0.1, 0.15) is 6.23 Å². The number of phosphoric ester groups is 1. The molecule has 1 unspecified atom stereocenters. The van der Waals surface area contributed by atoms with Crippen LogP contribution in [-0.4, -0.2) is 27.2 Å². The van der Waals surface area contributed by atoms with Crippen molar-refractivity contribution in [2.24, 2.45) is 0 Å². The molecule has 1 atom stereocenters. The van der Waals surface area contributed by atoms with Gasteiger partial charge in [0, 0.05) is 0 Å². The molecule has 0 radical (unpaired) electrons. The number of amides is 1. The Labute approximate surface area is 68.6 Å². The maximum atomic E-state index is 10.2. The third kappa shape index (κ3) is 6.11. The summed E-state index contributed by atoms with van der Waals surface area (Å²) in [4.78, 5) is 26.6. The molecule has 0 aliphatic heterocycles. The van der Waals surface area contributed by atoms with Crippen LogP contribution in [0.25, 0.3) is 0 Å². The summed E-state index contributed by atoms with van der Waals surface area (Å²) >= 11 is 0. The molecule has 0 heterocycles. The average Bonchev–Trinajstić information content (AvgIpc) is 1.82. The van der Waals surface area contributed by atoms with E-state index in [2.05, 4.69) is 4.52 Å². The number of carboxylic acid groups (broad SMARTS) is 1. The highest BCUT2D eigenvalue weighted by molar-refractivity contribution is 7.46. The van der Waals surface area contributed by atoms with Crippen molar-refractivity contribution in [3.63, 3.8) is 0 Å². The van der Waals surface area contributed by atoms with Gasteiger partial charge in [-0.1, -0.05) is 6.92 Å². The first-order valence-electron chi connectivity index (χ1n) is 3.08. The monoisotopic (exact) mass is 199 g/mol.